The molecular formula is H4NaO4S. The van der Waals surface area contributed by atoms with Gasteiger partial charge in [0, 0.05) is 29.6 Å². The van der Waals surface area contributed by atoms with E-state index in [9.17, 15) is 0 Å². The molecule has 0 unspecified atom stereocenters. The first kappa shape index (κ1) is 15.7. The third-order valence-corrected chi connectivity index (χ3v) is 0. The molecule has 0 aliphatic heterocycles. The van der Waals surface area contributed by atoms with Gasteiger partial charge in [0.25, 0.3) is 11.4 Å². The molecule has 0 rings (SSSR count). The first-order valence-corrected chi connectivity index (χ1v) is 1.60. The first-order valence-electron chi connectivity index (χ1n) is 0.532. The minimum absolute atomic E-state index is 0. The SMILES string of the molecule is O.O=S(O)O.[Na]. The third kappa shape index (κ3) is 77.0. The van der Waals surface area contributed by atoms with Crippen molar-refractivity contribution in [3.05, 3.63) is 0 Å². The van der Waals surface area contributed by atoms with E-state index >= 15 is 0 Å². The molecule has 0 saturated carbocycles. The Bertz CT molecular complexity index is 30.5. The molecule has 0 bridgehead atoms. The third-order valence-electron chi connectivity index (χ3n) is 0. The van der Waals surface area contributed by atoms with Crippen LogP contribution in [0.3, 0.4) is 0 Å². The second-order valence-corrected chi connectivity index (χ2v) is 0.692. The first-order chi connectivity index (χ1) is 1.73. The Morgan fingerprint density at radius 1 is 1.33 bits per heavy atom. The molecule has 0 aromatic heterocycles. The Hall–Kier alpha value is 1.03. The van der Waals surface area contributed by atoms with Gasteiger partial charge in [0.15, 0.2) is 0 Å². The van der Waals surface area contributed by atoms with E-state index in [0.717, 1.165) is 0 Å². The summed E-state index contributed by atoms with van der Waals surface area (Å²) >= 11 is -2.61. The van der Waals surface area contributed by atoms with Crippen LogP contribution in [0.5, 0.6) is 0 Å². The summed E-state index contributed by atoms with van der Waals surface area (Å²) in [4.78, 5) is 0. The van der Waals surface area contributed by atoms with Crippen LogP contribution in [0.25, 0.3) is 0 Å². The monoisotopic (exact) mass is 123 g/mol. The minimum atomic E-state index is -2.61. The van der Waals surface area contributed by atoms with Crippen LogP contribution in [-0.4, -0.2) is 48.3 Å². The Kier molecular flexibility index (Phi) is 24.6. The molecule has 6 heteroatoms. The van der Waals surface area contributed by atoms with E-state index in [1.54, 1.807) is 0 Å². The fourth-order valence-corrected chi connectivity index (χ4v) is 0. The maximum atomic E-state index is 8.67. The molecule has 1 radical (unpaired) electrons. The van der Waals surface area contributed by atoms with Gasteiger partial charge in [-0.15, -0.1) is 0 Å². The van der Waals surface area contributed by atoms with Crippen molar-refractivity contribution in [1.29, 1.82) is 0 Å². The number of rotatable bonds is 0. The maximum Gasteiger partial charge on any atom is 0.299 e. The molecule has 0 spiro atoms. The zero-order chi connectivity index (χ0) is 3.58. The zero-order valence-electron chi connectivity index (χ0n) is 3.21. The molecule has 0 amide bonds. The Labute approximate surface area is 59.6 Å². The largest absolute Gasteiger partial charge is 0.412 e. The molecule has 0 atom stereocenters. The van der Waals surface area contributed by atoms with Crippen molar-refractivity contribution < 1.29 is 18.8 Å². The van der Waals surface area contributed by atoms with Crippen LogP contribution in [0.2, 0.25) is 0 Å². The van der Waals surface area contributed by atoms with Gasteiger partial charge < -0.3 is 5.48 Å². The van der Waals surface area contributed by atoms with Gasteiger partial charge in [-0.05, 0) is 0 Å². The van der Waals surface area contributed by atoms with E-state index in [1.165, 1.54) is 0 Å². The number of hydrogen-bond acceptors (Lipinski definition) is 1. The van der Waals surface area contributed by atoms with E-state index in [4.69, 9.17) is 13.3 Å². The molecule has 0 saturated heterocycles. The van der Waals surface area contributed by atoms with Gasteiger partial charge in [-0.25, -0.2) is 0 Å². The van der Waals surface area contributed by atoms with Crippen LogP contribution in [0, 0.1) is 0 Å². The maximum absolute atomic E-state index is 8.67. The van der Waals surface area contributed by atoms with Gasteiger partial charge in [0.05, 0.1) is 0 Å². The van der Waals surface area contributed by atoms with Crippen molar-refractivity contribution in [3.63, 3.8) is 0 Å². The van der Waals surface area contributed by atoms with Crippen molar-refractivity contribution in [3.8, 4) is 0 Å². The topological polar surface area (TPSA) is 89.0 Å². The fraction of sp³-hybridized carbons (Fsp3) is 0. The predicted octanol–water partition coefficient (Wildman–Crippen LogP) is -1.52. The van der Waals surface area contributed by atoms with Crippen LogP contribution in [-0.2, 0) is 11.4 Å². The molecular weight excluding hydrogens is 119 g/mol. The standard InChI is InChI=1S/Na.H2O3S.H2O/c;1-4(2)3;/h;(H2,1,2,3);1H2. The van der Waals surface area contributed by atoms with Gasteiger partial charge in [0.1, 0.15) is 0 Å². The van der Waals surface area contributed by atoms with Crippen LogP contribution in [0.15, 0.2) is 0 Å². The zero-order valence-corrected chi connectivity index (χ0v) is 6.03. The van der Waals surface area contributed by atoms with Gasteiger partial charge in [-0.2, -0.15) is 4.21 Å². The minimum Gasteiger partial charge on any atom is -0.412 e. The summed E-state index contributed by atoms with van der Waals surface area (Å²) < 4.78 is 22.8. The molecule has 4 nitrogen and oxygen atoms in total. The van der Waals surface area contributed by atoms with Crippen molar-refractivity contribution in [2.24, 2.45) is 0 Å². The second-order valence-electron chi connectivity index (χ2n) is 0.231. The second kappa shape index (κ2) is 9.39. The van der Waals surface area contributed by atoms with Gasteiger partial charge in [0.2, 0.25) is 0 Å². The molecule has 0 aliphatic rings. The summed E-state index contributed by atoms with van der Waals surface area (Å²) in [7, 11) is 0. The average Bonchev–Trinajstić information content (AvgIpc) is 0.811. The molecule has 0 aromatic carbocycles. The van der Waals surface area contributed by atoms with Crippen molar-refractivity contribution >= 4 is 40.9 Å². The summed E-state index contributed by atoms with van der Waals surface area (Å²) in [6.45, 7) is 0. The quantitative estimate of drug-likeness (QED) is 0.302. The summed E-state index contributed by atoms with van der Waals surface area (Å²) in [6, 6.07) is 0. The smallest absolute Gasteiger partial charge is 0.299 e. The molecule has 0 aliphatic carbocycles. The normalized spacial score (nSPS) is 5.83. The van der Waals surface area contributed by atoms with Crippen molar-refractivity contribution in [1.82, 2.24) is 0 Å². The predicted molar refractivity (Wildman–Crippen MR) is 22.8 cm³/mol. The van der Waals surface area contributed by atoms with Crippen LogP contribution >= 0.6 is 0 Å². The van der Waals surface area contributed by atoms with E-state index in [2.05, 4.69) is 0 Å². The fourth-order valence-electron chi connectivity index (χ4n) is 0. The van der Waals surface area contributed by atoms with E-state index in [0.29, 0.717) is 0 Å². The Morgan fingerprint density at radius 3 is 1.33 bits per heavy atom. The molecule has 6 heavy (non-hydrogen) atoms. The molecule has 35 valence electrons. The average molecular weight is 123 g/mol. The van der Waals surface area contributed by atoms with Crippen LogP contribution in [0.1, 0.15) is 0 Å². The van der Waals surface area contributed by atoms with E-state index < -0.39 is 11.4 Å². The number of hydrogen-bond donors (Lipinski definition) is 2. The summed E-state index contributed by atoms with van der Waals surface area (Å²) in [6.07, 6.45) is 0. The summed E-state index contributed by atoms with van der Waals surface area (Å²) in [5, 5.41) is 0. The van der Waals surface area contributed by atoms with E-state index in [1.807, 2.05) is 0 Å². The summed E-state index contributed by atoms with van der Waals surface area (Å²) in [5.41, 5.74) is 0. The summed E-state index contributed by atoms with van der Waals surface area (Å²) in [5.74, 6) is 0. The van der Waals surface area contributed by atoms with Gasteiger partial charge >= 0.3 is 0 Å². The van der Waals surface area contributed by atoms with E-state index in [-0.39, 0.29) is 35.0 Å². The molecule has 4 N–H and O–H groups in total. The van der Waals surface area contributed by atoms with Crippen molar-refractivity contribution in [2.75, 3.05) is 0 Å². The Morgan fingerprint density at radius 2 is 1.33 bits per heavy atom. The molecule has 0 fully saturated rings. The molecule has 0 aromatic rings. The van der Waals surface area contributed by atoms with Gasteiger partial charge in [-0.1, -0.05) is 0 Å². The Balaban J connectivity index is -0.0000000450. The van der Waals surface area contributed by atoms with Crippen LogP contribution < -0.4 is 0 Å². The van der Waals surface area contributed by atoms with Crippen molar-refractivity contribution in [2.45, 2.75) is 0 Å². The van der Waals surface area contributed by atoms with Crippen LogP contribution in [0.4, 0.5) is 0 Å². The van der Waals surface area contributed by atoms with Gasteiger partial charge in [-0.3, -0.25) is 9.11 Å². The molecule has 0 heterocycles.